The molecule has 0 fully saturated rings. The number of benzene rings is 1. The standard InChI is InChI=1S/C9H11FO2/c1-12-8-4-2-3-7(5-8)9(11)6-10/h2-5,9,11H,6H2,1H3/t9-/m0/s1. The highest BCUT2D eigenvalue weighted by molar-refractivity contribution is 5.29. The third-order valence-electron chi connectivity index (χ3n) is 1.62. The van der Waals surface area contributed by atoms with Crippen molar-refractivity contribution in [3.05, 3.63) is 29.8 Å². The Balaban J connectivity index is 2.86. The molecule has 1 atom stereocenters. The minimum atomic E-state index is -1.04. The van der Waals surface area contributed by atoms with E-state index in [-0.39, 0.29) is 0 Å². The van der Waals surface area contributed by atoms with Crippen molar-refractivity contribution in [1.82, 2.24) is 0 Å². The molecule has 0 unspecified atom stereocenters. The van der Waals surface area contributed by atoms with Gasteiger partial charge in [-0.1, -0.05) is 12.1 Å². The van der Waals surface area contributed by atoms with E-state index < -0.39 is 12.8 Å². The summed E-state index contributed by atoms with van der Waals surface area (Å²) in [4.78, 5) is 0. The maximum atomic E-state index is 12.0. The van der Waals surface area contributed by atoms with Gasteiger partial charge in [-0.2, -0.15) is 0 Å². The van der Waals surface area contributed by atoms with Gasteiger partial charge in [0, 0.05) is 0 Å². The van der Waals surface area contributed by atoms with Crippen LogP contribution in [0.15, 0.2) is 24.3 Å². The van der Waals surface area contributed by atoms with E-state index in [1.54, 1.807) is 24.3 Å². The van der Waals surface area contributed by atoms with Gasteiger partial charge in [-0.05, 0) is 17.7 Å². The third-order valence-corrected chi connectivity index (χ3v) is 1.62. The molecule has 0 bridgehead atoms. The highest BCUT2D eigenvalue weighted by Crippen LogP contribution is 2.18. The van der Waals surface area contributed by atoms with Crippen LogP contribution < -0.4 is 4.74 Å². The topological polar surface area (TPSA) is 29.5 Å². The van der Waals surface area contributed by atoms with E-state index >= 15 is 0 Å². The van der Waals surface area contributed by atoms with Gasteiger partial charge in [-0.3, -0.25) is 0 Å². The molecular weight excluding hydrogens is 159 g/mol. The fraction of sp³-hybridized carbons (Fsp3) is 0.333. The SMILES string of the molecule is COc1cccc([C@@H](O)CF)c1. The van der Waals surface area contributed by atoms with E-state index in [4.69, 9.17) is 9.84 Å². The number of aliphatic hydroxyl groups excluding tert-OH is 1. The Morgan fingerprint density at radius 2 is 2.33 bits per heavy atom. The molecule has 0 aliphatic carbocycles. The Bertz CT molecular complexity index is 250. The van der Waals surface area contributed by atoms with Crippen LogP contribution in [0.2, 0.25) is 0 Å². The number of halogens is 1. The number of ether oxygens (including phenoxy) is 1. The fourth-order valence-corrected chi connectivity index (χ4v) is 0.938. The number of alkyl halides is 1. The Labute approximate surface area is 70.6 Å². The average molecular weight is 170 g/mol. The second-order valence-corrected chi connectivity index (χ2v) is 2.45. The van der Waals surface area contributed by atoms with Crippen LogP contribution in [0, 0.1) is 0 Å². The normalized spacial score (nSPS) is 12.6. The summed E-state index contributed by atoms with van der Waals surface area (Å²) in [6.45, 7) is -0.771. The lowest BCUT2D eigenvalue weighted by molar-refractivity contribution is 0.141. The molecule has 0 aliphatic heterocycles. The van der Waals surface area contributed by atoms with Crippen LogP contribution in [-0.2, 0) is 0 Å². The Morgan fingerprint density at radius 1 is 1.58 bits per heavy atom. The summed E-state index contributed by atoms with van der Waals surface area (Å²) in [5.41, 5.74) is 0.539. The second kappa shape index (κ2) is 4.07. The van der Waals surface area contributed by atoms with Crippen molar-refractivity contribution in [2.75, 3.05) is 13.8 Å². The van der Waals surface area contributed by atoms with Gasteiger partial charge in [0.05, 0.1) is 7.11 Å². The van der Waals surface area contributed by atoms with Gasteiger partial charge in [-0.25, -0.2) is 4.39 Å². The van der Waals surface area contributed by atoms with Crippen molar-refractivity contribution < 1.29 is 14.2 Å². The lowest BCUT2D eigenvalue weighted by Crippen LogP contribution is -1.99. The first-order chi connectivity index (χ1) is 5.77. The number of rotatable bonds is 3. The largest absolute Gasteiger partial charge is 0.497 e. The first-order valence-corrected chi connectivity index (χ1v) is 3.66. The van der Waals surface area contributed by atoms with E-state index in [0.717, 1.165) is 0 Å². The van der Waals surface area contributed by atoms with Crippen LogP contribution in [0.1, 0.15) is 11.7 Å². The molecule has 1 rings (SSSR count). The van der Waals surface area contributed by atoms with Gasteiger partial charge in [0.15, 0.2) is 0 Å². The Morgan fingerprint density at radius 3 is 2.92 bits per heavy atom. The van der Waals surface area contributed by atoms with E-state index in [1.807, 2.05) is 0 Å². The van der Waals surface area contributed by atoms with Crippen molar-refractivity contribution in [1.29, 1.82) is 0 Å². The zero-order chi connectivity index (χ0) is 8.97. The molecule has 0 heterocycles. The van der Waals surface area contributed by atoms with Crippen molar-refractivity contribution in [2.24, 2.45) is 0 Å². The first kappa shape index (κ1) is 9.00. The van der Waals surface area contributed by atoms with Crippen LogP contribution in [0.25, 0.3) is 0 Å². The van der Waals surface area contributed by atoms with Gasteiger partial charge in [-0.15, -0.1) is 0 Å². The summed E-state index contributed by atoms with van der Waals surface area (Å²) < 4.78 is 16.9. The fourth-order valence-electron chi connectivity index (χ4n) is 0.938. The summed E-state index contributed by atoms with van der Waals surface area (Å²) in [6, 6.07) is 6.73. The molecular formula is C9H11FO2. The molecule has 12 heavy (non-hydrogen) atoms. The van der Waals surface area contributed by atoms with Crippen LogP contribution >= 0.6 is 0 Å². The molecule has 2 nitrogen and oxygen atoms in total. The predicted octanol–water partition coefficient (Wildman–Crippen LogP) is 1.70. The molecule has 1 aromatic rings. The van der Waals surface area contributed by atoms with E-state index in [9.17, 15) is 4.39 Å². The maximum absolute atomic E-state index is 12.0. The highest BCUT2D eigenvalue weighted by atomic mass is 19.1. The molecule has 0 radical (unpaired) electrons. The van der Waals surface area contributed by atoms with Crippen molar-refractivity contribution in [2.45, 2.75) is 6.10 Å². The molecule has 66 valence electrons. The molecule has 0 spiro atoms. The van der Waals surface area contributed by atoms with Crippen LogP contribution in [0.4, 0.5) is 4.39 Å². The van der Waals surface area contributed by atoms with Crippen LogP contribution in [-0.4, -0.2) is 18.9 Å². The molecule has 1 N–H and O–H groups in total. The van der Waals surface area contributed by atoms with E-state index in [2.05, 4.69) is 0 Å². The van der Waals surface area contributed by atoms with Crippen molar-refractivity contribution >= 4 is 0 Å². The van der Waals surface area contributed by atoms with Crippen molar-refractivity contribution in [3.8, 4) is 5.75 Å². The minimum absolute atomic E-state index is 0.539. The van der Waals surface area contributed by atoms with Gasteiger partial charge >= 0.3 is 0 Å². The monoisotopic (exact) mass is 170 g/mol. The van der Waals surface area contributed by atoms with Crippen LogP contribution in [0.3, 0.4) is 0 Å². The van der Waals surface area contributed by atoms with Gasteiger partial charge < -0.3 is 9.84 Å². The van der Waals surface area contributed by atoms with Gasteiger partial charge in [0.25, 0.3) is 0 Å². The second-order valence-electron chi connectivity index (χ2n) is 2.45. The summed E-state index contributed by atoms with van der Waals surface area (Å²) >= 11 is 0. The lowest BCUT2D eigenvalue weighted by atomic mass is 10.1. The lowest BCUT2D eigenvalue weighted by Gasteiger charge is -2.07. The minimum Gasteiger partial charge on any atom is -0.497 e. The molecule has 0 aliphatic rings. The van der Waals surface area contributed by atoms with E-state index in [0.29, 0.717) is 11.3 Å². The maximum Gasteiger partial charge on any atom is 0.119 e. The molecule has 3 heteroatoms. The first-order valence-electron chi connectivity index (χ1n) is 3.66. The van der Waals surface area contributed by atoms with Gasteiger partial charge in [0.1, 0.15) is 18.5 Å². The average Bonchev–Trinajstić information content (AvgIpc) is 2.17. The molecule has 0 saturated heterocycles. The highest BCUT2D eigenvalue weighted by Gasteiger charge is 2.06. The van der Waals surface area contributed by atoms with E-state index in [1.165, 1.54) is 7.11 Å². The number of methoxy groups -OCH3 is 1. The van der Waals surface area contributed by atoms with Gasteiger partial charge in [0.2, 0.25) is 0 Å². The zero-order valence-corrected chi connectivity index (χ0v) is 6.83. The molecule has 0 amide bonds. The van der Waals surface area contributed by atoms with Crippen molar-refractivity contribution in [3.63, 3.8) is 0 Å². The zero-order valence-electron chi connectivity index (χ0n) is 6.83. The van der Waals surface area contributed by atoms with Crippen LogP contribution in [0.5, 0.6) is 5.75 Å². The number of hydrogen-bond acceptors (Lipinski definition) is 2. The molecule has 0 saturated carbocycles. The Kier molecular flexibility index (Phi) is 3.05. The third kappa shape index (κ3) is 1.95. The summed E-state index contributed by atoms with van der Waals surface area (Å²) in [6.07, 6.45) is -1.04. The quantitative estimate of drug-likeness (QED) is 0.748. The Hall–Kier alpha value is -1.09. The summed E-state index contributed by atoms with van der Waals surface area (Å²) in [5, 5.41) is 9.12. The molecule has 0 aromatic heterocycles. The number of hydrogen-bond donors (Lipinski definition) is 1. The predicted molar refractivity (Wildman–Crippen MR) is 43.9 cm³/mol. The summed E-state index contributed by atoms with van der Waals surface area (Å²) in [7, 11) is 1.53. The molecule has 1 aromatic carbocycles. The summed E-state index contributed by atoms with van der Waals surface area (Å²) in [5.74, 6) is 0.625. The smallest absolute Gasteiger partial charge is 0.119 e. The number of aliphatic hydroxyl groups is 1.